The summed E-state index contributed by atoms with van der Waals surface area (Å²) in [5, 5.41) is 56.3. The number of aliphatic carboxylic acids is 4. The van der Waals surface area contributed by atoms with E-state index in [1.54, 1.807) is 121 Å². The molecule has 6 atom stereocenters. The zero-order valence-corrected chi connectivity index (χ0v) is 45.1. The Kier molecular flexibility index (Phi) is 24.0. The molecule has 0 saturated heterocycles. The molecule has 0 aromatic heterocycles. The third-order valence-electron chi connectivity index (χ3n) is 12.1. The SMILES string of the molecule is C[C@@H](NC(=O)CNC(=O)c1cc(C#Cc2ccccc2)c(C(=O)NCC(=O)N[C@H](C)C(=O)N[C@H](Cc2ccccc2)C(=O)N[C@H](CC(=O)O)C(=O)O)cc1C#Cc1ccccc1)C(=O)N[C@H](Cc1ccccc1)C(=O)N[C@H](CC(=O)O)C(=O)O. The molecule has 0 unspecified atom stereocenters. The molecular weight excluding hydrogens is 1090 g/mol. The van der Waals surface area contributed by atoms with Crippen LogP contribution in [0, 0.1) is 23.7 Å². The molecule has 434 valence electrons. The van der Waals surface area contributed by atoms with E-state index in [4.69, 9.17) is 0 Å². The number of carboxylic acids is 4. The number of rotatable bonds is 26. The molecule has 8 amide bonds. The Morgan fingerprint density at radius 1 is 0.393 bits per heavy atom. The van der Waals surface area contributed by atoms with Crippen molar-refractivity contribution in [2.45, 2.75) is 75.8 Å². The van der Waals surface area contributed by atoms with Crippen LogP contribution in [0.3, 0.4) is 0 Å². The molecule has 0 spiro atoms. The van der Waals surface area contributed by atoms with Crippen LogP contribution in [-0.4, -0.2) is 141 Å². The second-order valence-electron chi connectivity index (χ2n) is 18.6. The van der Waals surface area contributed by atoms with Crippen LogP contribution in [0.2, 0.25) is 0 Å². The van der Waals surface area contributed by atoms with Gasteiger partial charge < -0.3 is 63.0 Å². The van der Waals surface area contributed by atoms with Crippen LogP contribution in [0.1, 0.15) is 80.8 Å². The van der Waals surface area contributed by atoms with E-state index >= 15 is 0 Å². The van der Waals surface area contributed by atoms with E-state index in [1.165, 1.54) is 26.0 Å². The molecule has 24 nitrogen and oxygen atoms in total. The molecule has 5 aromatic rings. The molecule has 0 fully saturated rings. The van der Waals surface area contributed by atoms with Crippen LogP contribution >= 0.6 is 0 Å². The van der Waals surface area contributed by atoms with E-state index in [0.29, 0.717) is 22.3 Å². The quantitative estimate of drug-likeness (QED) is 0.0336. The summed E-state index contributed by atoms with van der Waals surface area (Å²) in [5.41, 5.74) is 1.68. The highest BCUT2D eigenvalue weighted by Crippen LogP contribution is 2.19. The summed E-state index contributed by atoms with van der Waals surface area (Å²) in [4.78, 5) is 155. The third kappa shape index (κ3) is 20.8. The van der Waals surface area contributed by atoms with Crippen LogP contribution in [0.25, 0.3) is 0 Å². The van der Waals surface area contributed by atoms with Gasteiger partial charge in [0.05, 0.1) is 37.1 Å². The number of carboxylic acid groups (broad SMARTS) is 4. The van der Waals surface area contributed by atoms with Gasteiger partial charge in [0.15, 0.2) is 0 Å². The first-order valence-electron chi connectivity index (χ1n) is 25.7. The fourth-order valence-corrected chi connectivity index (χ4v) is 7.74. The summed E-state index contributed by atoms with van der Waals surface area (Å²) in [7, 11) is 0. The van der Waals surface area contributed by atoms with E-state index in [-0.39, 0.29) is 35.1 Å². The first-order valence-corrected chi connectivity index (χ1v) is 25.7. The van der Waals surface area contributed by atoms with Gasteiger partial charge in [-0.15, -0.1) is 0 Å². The minimum atomic E-state index is -1.83. The molecule has 0 bridgehead atoms. The molecule has 5 aromatic carbocycles. The summed E-state index contributed by atoms with van der Waals surface area (Å²) >= 11 is 0. The van der Waals surface area contributed by atoms with Crippen LogP contribution in [0.4, 0.5) is 0 Å². The fourth-order valence-electron chi connectivity index (χ4n) is 7.74. The largest absolute Gasteiger partial charge is 0.481 e. The van der Waals surface area contributed by atoms with Crippen molar-refractivity contribution >= 4 is 71.1 Å². The number of benzene rings is 5. The summed E-state index contributed by atoms with van der Waals surface area (Å²) in [6, 6.07) is 26.9. The molecule has 0 aliphatic carbocycles. The van der Waals surface area contributed by atoms with Crippen molar-refractivity contribution in [3.05, 3.63) is 178 Å². The molecule has 0 aliphatic heterocycles. The highest BCUT2D eigenvalue weighted by molar-refractivity contribution is 6.04. The highest BCUT2D eigenvalue weighted by Gasteiger charge is 2.32. The normalized spacial score (nSPS) is 12.5. The zero-order chi connectivity index (χ0) is 61.3. The number of hydrogen-bond acceptors (Lipinski definition) is 12. The Morgan fingerprint density at radius 2 is 0.702 bits per heavy atom. The maximum Gasteiger partial charge on any atom is 0.326 e. The molecular formula is C60H58N8O16. The van der Waals surface area contributed by atoms with Gasteiger partial charge in [0.25, 0.3) is 11.8 Å². The van der Waals surface area contributed by atoms with Gasteiger partial charge in [-0.05, 0) is 61.4 Å². The van der Waals surface area contributed by atoms with Crippen molar-refractivity contribution in [1.29, 1.82) is 0 Å². The molecule has 5 rings (SSSR count). The van der Waals surface area contributed by atoms with Crippen LogP contribution in [0.5, 0.6) is 0 Å². The molecule has 0 heterocycles. The van der Waals surface area contributed by atoms with Crippen LogP contribution in [0.15, 0.2) is 133 Å². The van der Waals surface area contributed by atoms with Gasteiger partial charge in [-0.2, -0.15) is 0 Å². The van der Waals surface area contributed by atoms with E-state index in [1.807, 2.05) is 0 Å². The third-order valence-corrected chi connectivity index (χ3v) is 12.1. The van der Waals surface area contributed by atoms with E-state index < -0.39 is 133 Å². The molecule has 84 heavy (non-hydrogen) atoms. The summed E-state index contributed by atoms with van der Waals surface area (Å²) < 4.78 is 0. The lowest BCUT2D eigenvalue weighted by Crippen LogP contribution is -2.56. The lowest BCUT2D eigenvalue weighted by atomic mass is 9.96. The first-order chi connectivity index (χ1) is 40.1. The number of hydrogen-bond donors (Lipinski definition) is 12. The summed E-state index contributed by atoms with van der Waals surface area (Å²) in [6.45, 7) is 1.09. The van der Waals surface area contributed by atoms with Crippen molar-refractivity contribution < 1.29 is 78.0 Å². The number of amides is 8. The van der Waals surface area contributed by atoms with Crippen LogP contribution < -0.4 is 42.5 Å². The summed E-state index contributed by atoms with van der Waals surface area (Å²) in [5.74, 6) is -2.01. The molecule has 12 N–H and O–H groups in total. The maximum atomic E-state index is 14.1. The minimum absolute atomic E-state index is 0.0439. The minimum Gasteiger partial charge on any atom is -0.481 e. The predicted octanol–water partition coefficient (Wildman–Crippen LogP) is 0.498. The molecule has 0 radical (unpaired) electrons. The lowest BCUT2D eigenvalue weighted by molar-refractivity contribution is -0.147. The second-order valence-corrected chi connectivity index (χ2v) is 18.6. The van der Waals surface area contributed by atoms with Crippen molar-refractivity contribution in [3.8, 4) is 23.7 Å². The van der Waals surface area contributed by atoms with E-state index in [2.05, 4.69) is 66.2 Å². The Balaban J connectivity index is 1.34. The smallest absolute Gasteiger partial charge is 0.326 e. The van der Waals surface area contributed by atoms with Crippen molar-refractivity contribution in [2.75, 3.05) is 13.1 Å². The van der Waals surface area contributed by atoms with Crippen molar-refractivity contribution in [1.82, 2.24) is 42.5 Å². The topological polar surface area (TPSA) is 382 Å². The van der Waals surface area contributed by atoms with Gasteiger partial charge in [-0.3, -0.25) is 47.9 Å². The monoisotopic (exact) mass is 1150 g/mol. The average Bonchev–Trinajstić information content (AvgIpc) is 2.97. The predicted molar refractivity (Wildman–Crippen MR) is 299 cm³/mol. The Hall–Kier alpha value is -11.1. The number of carbonyl (C=O) groups excluding carboxylic acids is 8. The zero-order valence-electron chi connectivity index (χ0n) is 45.1. The molecule has 0 saturated carbocycles. The van der Waals surface area contributed by atoms with Gasteiger partial charge >= 0.3 is 23.9 Å². The van der Waals surface area contributed by atoms with Gasteiger partial charge in [-0.1, -0.05) is 121 Å². The molecule has 24 heteroatoms. The van der Waals surface area contributed by atoms with Crippen LogP contribution in [-0.2, 0) is 60.8 Å². The van der Waals surface area contributed by atoms with E-state index in [9.17, 15) is 78.0 Å². The first kappa shape index (κ1) is 63.7. The van der Waals surface area contributed by atoms with Crippen molar-refractivity contribution in [2.24, 2.45) is 0 Å². The summed E-state index contributed by atoms with van der Waals surface area (Å²) in [6.07, 6.45) is -2.21. The maximum absolute atomic E-state index is 14.1. The van der Waals surface area contributed by atoms with Gasteiger partial charge in [0.2, 0.25) is 35.4 Å². The number of nitrogens with one attached hydrogen (secondary N) is 8. The Morgan fingerprint density at radius 3 is 1.01 bits per heavy atom. The standard InChI is InChI=1S/C60H58N8O16/c1-35(53(75)65-45(27-39-19-11-5-12-20-39)57(79)67-47(59(81)82)31-51(71)72)63-49(69)33-61-55(77)43-29-42(26-24-38-17-9-4-10-18-38)44(30-41(43)25-23-37-15-7-3-8-16-37)56(78)62-34-50(70)64-36(2)54(76)66-46(28-40-21-13-6-14-22-40)58(80)68-48(60(83)84)32-52(73)74/h3-22,29-30,35-36,45-48H,27-28,31-34H2,1-2H3,(H,61,77)(H,62,78)(H,63,69)(H,64,70)(H,65,75)(H,66,76)(H,67,79)(H,68,80)(H,71,72)(H,73,74)(H,81,82)(H,83,84)/t35-,36-,45-,46-,47-,48-/m1/s1. The second kappa shape index (κ2) is 31.6. The lowest BCUT2D eigenvalue weighted by Gasteiger charge is -2.23. The Bertz CT molecular complexity index is 3170. The van der Waals surface area contributed by atoms with Crippen molar-refractivity contribution in [3.63, 3.8) is 0 Å². The number of carbonyl (C=O) groups is 12. The van der Waals surface area contributed by atoms with Gasteiger partial charge in [-0.25, -0.2) is 9.59 Å². The average molecular weight is 1150 g/mol. The molecule has 0 aliphatic rings. The highest BCUT2D eigenvalue weighted by atomic mass is 16.4. The van der Waals surface area contributed by atoms with Gasteiger partial charge in [0, 0.05) is 35.1 Å². The van der Waals surface area contributed by atoms with E-state index in [0.717, 1.165) is 0 Å². The fraction of sp³-hybridized carbons (Fsp3) is 0.233. The Labute approximate surface area is 480 Å². The van der Waals surface area contributed by atoms with Gasteiger partial charge in [0.1, 0.15) is 36.3 Å².